The highest BCUT2D eigenvalue weighted by Crippen LogP contribution is 2.19. The lowest BCUT2D eigenvalue weighted by Gasteiger charge is -2.02. The van der Waals surface area contributed by atoms with Crippen LogP contribution in [-0.4, -0.2) is 22.5 Å². The summed E-state index contributed by atoms with van der Waals surface area (Å²) in [5, 5.41) is 0. The van der Waals surface area contributed by atoms with Gasteiger partial charge in [-0.25, -0.2) is 9.78 Å². The summed E-state index contributed by atoms with van der Waals surface area (Å²) in [7, 11) is 1.36. The van der Waals surface area contributed by atoms with Crippen LogP contribution in [0.3, 0.4) is 0 Å². The lowest BCUT2D eigenvalue weighted by molar-refractivity contribution is 0.0599. The lowest BCUT2D eigenvalue weighted by atomic mass is 10.3. The Morgan fingerprint density at radius 1 is 1.53 bits per heavy atom. The molecule has 0 bridgehead atoms. The normalized spacial score (nSPS) is 10.6. The second-order valence-corrected chi connectivity index (χ2v) is 4.03. The SMILES string of the molecule is COC(=O)c1cc2nc(C)cn2cc1Br. The molecule has 15 heavy (non-hydrogen) atoms. The Bertz CT molecular complexity index is 533. The molecule has 2 aromatic rings. The second kappa shape index (κ2) is 3.66. The van der Waals surface area contributed by atoms with E-state index in [4.69, 9.17) is 0 Å². The zero-order valence-electron chi connectivity index (χ0n) is 8.32. The fourth-order valence-corrected chi connectivity index (χ4v) is 1.90. The molecule has 0 amide bonds. The molecule has 5 heteroatoms. The van der Waals surface area contributed by atoms with Crippen LogP contribution in [0.2, 0.25) is 0 Å². The van der Waals surface area contributed by atoms with E-state index >= 15 is 0 Å². The van der Waals surface area contributed by atoms with E-state index in [1.54, 1.807) is 12.3 Å². The number of fused-ring (bicyclic) bond motifs is 1. The molecule has 0 aromatic carbocycles. The number of imidazole rings is 1. The van der Waals surface area contributed by atoms with Crippen molar-refractivity contribution in [1.82, 2.24) is 9.38 Å². The molecule has 4 nitrogen and oxygen atoms in total. The topological polar surface area (TPSA) is 43.6 Å². The van der Waals surface area contributed by atoms with Crippen LogP contribution in [0.4, 0.5) is 0 Å². The smallest absolute Gasteiger partial charge is 0.339 e. The van der Waals surface area contributed by atoms with E-state index in [0.29, 0.717) is 10.0 Å². The van der Waals surface area contributed by atoms with Gasteiger partial charge in [0.15, 0.2) is 0 Å². The summed E-state index contributed by atoms with van der Waals surface area (Å²) in [6.07, 6.45) is 3.68. The quantitative estimate of drug-likeness (QED) is 0.745. The fraction of sp³-hybridized carbons (Fsp3) is 0.200. The minimum atomic E-state index is -0.370. The highest BCUT2D eigenvalue weighted by Gasteiger charge is 2.12. The maximum atomic E-state index is 11.4. The highest BCUT2D eigenvalue weighted by atomic mass is 79.9. The number of pyridine rings is 1. The molecule has 0 N–H and O–H groups in total. The van der Waals surface area contributed by atoms with Gasteiger partial charge in [0, 0.05) is 16.9 Å². The first-order valence-corrected chi connectivity index (χ1v) is 5.14. The molecule has 0 atom stereocenters. The summed E-state index contributed by atoms with van der Waals surface area (Å²) < 4.78 is 7.21. The molecule has 0 radical (unpaired) electrons. The highest BCUT2D eigenvalue weighted by molar-refractivity contribution is 9.10. The molecule has 2 heterocycles. The standard InChI is InChI=1S/C10H9BrN2O2/c1-6-4-13-5-8(11)7(10(14)15-2)3-9(13)12-6/h3-5H,1-2H3. The van der Waals surface area contributed by atoms with Crippen molar-refractivity contribution in [3.63, 3.8) is 0 Å². The molecular weight excluding hydrogens is 260 g/mol. The number of aryl methyl sites for hydroxylation is 1. The maximum Gasteiger partial charge on any atom is 0.339 e. The van der Waals surface area contributed by atoms with Gasteiger partial charge in [0.05, 0.1) is 18.4 Å². The molecule has 0 saturated carbocycles. The minimum absolute atomic E-state index is 0.370. The van der Waals surface area contributed by atoms with Crippen molar-refractivity contribution < 1.29 is 9.53 Å². The lowest BCUT2D eigenvalue weighted by Crippen LogP contribution is -2.03. The number of hydrogen-bond donors (Lipinski definition) is 0. The van der Waals surface area contributed by atoms with Crippen LogP contribution in [0.15, 0.2) is 22.9 Å². The molecular formula is C10H9BrN2O2. The number of nitrogens with zero attached hydrogens (tertiary/aromatic N) is 2. The average Bonchev–Trinajstić information content (AvgIpc) is 2.55. The van der Waals surface area contributed by atoms with Gasteiger partial charge in [-0.05, 0) is 28.9 Å². The third-order valence-corrected chi connectivity index (χ3v) is 2.70. The monoisotopic (exact) mass is 268 g/mol. The number of methoxy groups -OCH3 is 1. The van der Waals surface area contributed by atoms with Crippen molar-refractivity contribution in [2.24, 2.45) is 0 Å². The van der Waals surface area contributed by atoms with Crippen LogP contribution in [0.1, 0.15) is 16.1 Å². The second-order valence-electron chi connectivity index (χ2n) is 3.17. The van der Waals surface area contributed by atoms with Gasteiger partial charge in [0.2, 0.25) is 0 Å². The van der Waals surface area contributed by atoms with Gasteiger partial charge >= 0.3 is 5.97 Å². The van der Waals surface area contributed by atoms with Crippen molar-refractivity contribution >= 4 is 27.5 Å². The summed E-state index contributed by atoms with van der Waals surface area (Å²) in [5.41, 5.74) is 2.12. The molecule has 0 fully saturated rings. The molecule has 2 aromatic heterocycles. The number of carbonyl (C=O) groups excluding carboxylic acids is 1. The summed E-state index contributed by atoms with van der Waals surface area (Å²) in [4.78, 5) is 15.7. The Hall–Kier alpha value is -1.36. The molecule has 78 valence electrons. The van der Waals surface area contributed by atoms with Gasteiger partial charge in [0.1, 0.15) is 5.65 Å². The number of ether oxygens (including phenoxy) is 1. The van der Waals surface area contributed by atoms with Crippen LogP contribution in [-0.2, 0) is 4.74 Å². The Kier molecular flexibility index (Phi) is 2.48. The zero-order valence-corrected chi connectivity index (χ0v) is 9.91. The first-order valence-electron chi connectivity index (χ1n) is 4.35. The molecule has 0 aliphatic heterocycles. The van der Waals surface area contributed by atoms with Crippen molar-refractivity contribution in [3.8, 4) is 0 Å². The summed E-state index contributed by atoms with van der Waals surface area (Å²) >= 11 is 3.32. The van der Waals surface area contributed by atoms with E-state index in [1.165, 1.54) is 7.11 Å². The van der Waals surface area contributed by atoms with Crippen LogP contribution in [0.25, 0.3) is 5.65 Å². The number of carbonyl (C=O) groups is 1. The van der Waals surface area contributed by atoms with E-state index in [2.05, 4.69) is 25.7 Å². The van der Waals surface area contributed by atoms with E-state index in [-0.39, 0.29) is 5.97 Å². The van der Waals surface area contributed by atoms with Gasteiger partial charge < -0.3 is 9.14 Å². The fourth-order valence-electron chi connectivity index (χ4n) is 1.40. The Morgan fingerprint density at radius 2 is 2.27 bits per heavy atom. The first kappa shape index (κ1) is 10.2. The van der Waals surface area contributed by atoms with Crippen LogP contribution < -0.4 is 0 Å². The molecule has 0 aliphatic carbocycles. The van der Waals surface area contributed by atoms with Crippen molar-refractivity contribution in [1.29, 1.82) is 0 Å². The third-order valence-electron chi connectivity index (χ3n) is 2.07. The summed E-state index contributed by atoms with van der Waals surface area (Å²) in [6, 6.07) is 1.70. The van der Waals surface area contributed by atoms with E-state index in [1.807, 2.05) is 17.5 Å². The van der Waals surface area contributed by atoms with E-state index in [9.17, 15) is 4.79 Å². The minimum Gasteiger partial charge on any atom is -0.465 e. The number of esters is 1. The van der Waals surface area contributed by atoms with Gasteiger partial charge in [-0.15, -0.1) is 0 Å². The largest absolute Gasteiger partial charge is 0.465 e. The number of rotatable bonds is 1. The van der Waals surface area contributed by atoms with Crippen LogP contribution in [0, 0.1) is 6.92 Å². The van der Waals surface area contributed by atoms with Gasteiger partial charge in [0.25, 0.3) is 0 Å². The Labute approximate surface area is 95.0 Å². The van der Waals surface area contributed by atoms with Gasteiger partial charge in [-0.3, -0.25) is 0 Å². The number of hydrogen-bond acceptors (Lipinski definition) is 3. The predicted octanol–water partition coefficient (Wildman–Crippen LogP) is 2.19. The number of halogens is 1. The average molecular weight is 269 g/mol. The molecule has 0 unspecified atom stereocenters. The third kappa shape index (κ3) is 1.74. The predicted molar refractivity (Wildman–Crippen MR) is 59.0 cm³/mol. The van der Waals surface area contributed by atoms with Gasteiger partial charge in [-0.1, -0.05) is 0 Å². The first-order chi connectivity index (χ1) is 7.11. The van der Waals surface area contributed by atoms with Crippen molar-refractivity contribution in [3.05, 3.63) is 34.2 Å². The number of aromatic nitrogens is 2. The van der Waals surface area contributed by atoms with E-state index < -0.39 is 0 Å². The summed E-state index contributed by atoms with van der Waals surface area (Å²) in [5.74, 6) is -0.370. The molecule has 0 aliphatic rings. The molecule has 0 saturated heterocycles. The zero-order chi connectivity index (χ0) is 11.0. The van der Waals surface area contributed by atoms with Crippen LogP contribution >= 0.6 is 15.9 Å². The maximum absolute atomic E-state index is 11.4. The molecule has 2 rings (SSSR count). The summed E-state index contributed by atoms with van der Waals surface area (Å²) in [6.45, 7) is 1.90. The van der Waals surface area contributed by atoms with E-state index in [0.717, 1.165) is 11.3 Å². The Morgan fingerprint density at radius 3 is 2.93 bits per heavy atom. The van der Waals surface area contributed by atoms with Crippen LogP contribution in [0.5, 0.6) is 0 Å². The van der Waals surface area contributed by atoms with Gasteiger partial charge in [-0.2, -0.15) is 0 Å². The Balaban J connectivity index is 2.66. The molecule has 0 spiro atoms. The van der Waals surface area contributed by atoms with Crippen molar-refractivity contribution in [2.45, 2.75) is 6.92 Å². The van der Waals surface area contributed by atoms with Crippen molar-refractivity contribution in [2.75, 3.05) is 7.11 Å².